The van der Waals surface area contributed by atoms with E-state index in [9.17, 15) is 4.79 Å². The maximum Gasteiger partial charge on any atom is 0.262 e. The number of aromatic nitrogens is 1. The minimum Gasteiger partial charge on any atom is -0.497 e. The van der Waals surface area contributed by atoms with Gasteiger partial charge in [-0.25, -0.2) is 4.98 Å². The minimum absolute atomic E-state index is 0.0606. The molecule has 138 valence electrons. The first-order valence-electron chi connectivity index (χ1n) is 8.49. The zero-order valence-electron chi connectivity index (χ0n) is 15.2. The van der Waals surface area contributed by atoms with Gasteiger partial charge in [-0.05, 0) is 55.5 Å². The summed E-state index contributed by atoms with van der Waals surface area (Å²) in [6.45, 7) is 1.94. The summed E-state index contributed by atoms with van der Waals surface area (Å²) >= 11 is 0. The lowest BCUT2D eigenvalue weighted by atomic mass is 10.2. The quantitative estimate of drug-likeness (QED) is 0.659. The SMILES string of the molecule is COc1ccc(Nc2ccc(NC(=O)COc3ccc(C)cc3)cn2)cc1. The number of methoxy groups -OCH3 is 1. The zero-order chi connectivity index (χ0) is 19.1. The van der Waals surface area contributed by atoms with Crippen LogP contribution in [0.5, 0.6) is 11.5 Å². The molecule has 3 rings (SSSR count). The predicted molar refractivity (Wildman–Crippen MR) is 106 cm³/mol. The van der Waals surface area contributed by atoms with Crippen LogP contribution in [-0.4, -0.2) is 24.6 Å². The van der Waals surface area contributed by atoms with Crippen molar-refractivity contribution >= 4 is 23.1 Å². The number of pyridine rings is 1. The van der Waals surface area contributed by atoms with Gasteiger partial charge in [0.1, 0.15) is 17.3 Å². The van der Waals surface area contributed by atoms with E-state index in [4.69, 9.17) is 9.47 Å². The van der Waals surface area contributed by atoms with Crippen molar-refractivity contribution in [1.29, 1.82) is 0 Å². The van der Waals surface area contributed by atoms with Gasteiger partial charge in [-0.15, -0.1) is 0 Å². The van der Waals surface area contributed by atoms with Crippen LogP contribution in [-0.2, 0) is 4.79 Å². The molecular weight excluding hydrogens is 342 g/mol. The van der Waals surface area contributed by atoms with Gasteiger partial charge in [0.05, 0.1) is 19.0 Å². The minimum atomic E-state index is -0.242. The van der Waals surface area contributed by atoms with Gasteiger partial charge in [0.15, 0.2) is 6.61 Å². The molecule has 0 saturated carbocycles. The summed E-state index contributed by atoms with van der Waals surface area (Å²) in [7, 11) is 1.63. The molecule has 6 nitrogen and oxygen atoms in total. The number of anilines is 3. The lowest BCUT2D eigenvalue weighted by Gasteiger charge is -2.09. The Morgan fingerprint density at radius 1 is 0.926 bits per heavy atom. The average Bonchev–Trinajstić information content (AvgIpc) is 2.70. The smallest absolute Gasteiger partial charge is 0.262 e. The number of nitrogens with one attached hydrogen (secondary N) is 2. The van der Waals surface area contributed by atoms with Crippen LogP contribution in [0.1, 0.15) is 5.56 Å². The third-order valence-corrected chi connectivity index (χ3v) is 3.80. The van der Waals surface area contributed by atoms with Crippen molar-refractivity contribution in [2.75, 3.05) is 24.4 Å². The Labute approximate surface area is 158 Å². The normalized spacial score (nSPS) is 10.1. The number of amides is 1. The molecule has 0 bridgehead atoms. The molecule has 2 aromatic carbocycles. The summed E-state index contributed by atoms with van der Waals surface area (Å²) < 4.78 is 10.6. The Hall–Kier alpha value is -3.54. The van der Waals surface area contributed by atoms with Crippen molar-refractivity contribution in [2.24, 2.45) is 0 Å². The first-order chi connectivity index (χ1) is 13.1. The van der Waals surface area contributed by atoms with Crippen molar-refractivity contribution in [3.63, 3.8) is 0 Å². The van der Waals surface area contributed by atoms with E-state index in [0.717, 1.165) is 17.0 Å². The third kappa shape index (κ3) is 5.47. The predicted octanol–water partition coefficient (Wildman–Crippen LogP) is 4.16. The number of carbonyl (C=O) groups excluding carboxylic acids is 1. The number of nitrogens with zero attached hydrogens (tertiary/aromatic N) is 1. The molecular formula is C21H21N3O3. The van der Waals surface area contributed by atoms with E-state index < -0.39 is 0 Å². The standard InChI is InChI=1S/C21H21N3O3/c1-15-3-8-19(9-4-15)27-14-21(25)24-17-7-12-20(22-13-17)23-16-5-10-18(26-2)11-6-16/h3-13H,14H2,1-2H3,(H,22,23)(H,24,25). The first kappa shape index (κ1) is 18.3. The largest absolute Gasteiger partial charge is 0.497 e. The molecule has 2 N–H and O–H groups in total. The number of carbonyl (C=O) groups is 1. The van der Waals surface area contributed by atoms with Crippen molar-refractivity contribution in [1.82, 2.24) is 4.98 Å². The fourth-order valence-electron chi connectivity index (χ4n) is 2.34. The fourth-order valence-corrected chi connectivity index (χ4v) is 2.34. The van der Waals surface area contributed by atoms with E-state index in [1.165, 1.54) is 0 Å². The second kappa shape index (κ2) is 8.71. The number of hydrogen-bond donors (Lipinski definition) is 2. The molecule has 0 radical (unpaired) electrons. The molecule has 0 spiro atoms. The highest BCUT2D eigenvalue weighted by Crippen LogP contribution is 2.19. The Balaban J connectivity index is 1.50. The van der Waals surface area contributed by atoms with E-state index in [0.29, 0.717) is 17.3 Å². The Kier molecular flexibility index (Phi) is 5.89. The average molecular weight is 363 g/mol. The fraction of sp³-hybridized carbons (Fsp3) is 0.143. The molecule has 1 aromatic heterocycles. The van der Waals surface area contributed by atoms with Gasteiger partial charge < -0.3 is 20.1 Å². The lowest BCUT2D eigenvalue weighted by molar-refractivity contribution is -0.118. The van der Waals surface area contributed by atoms with Gasteiger partial charge >= 0.3 is 0 Å². The van der Waals surface area contributed by atoms with Crippen LogP contribution in [0.4, 0.5) is 17.2 Å². The summed E-state index contributed by atoms with van der Waals surface area (Å²) in [5, 5.41) is 5.94. The number of benzene rings is 2. The van der Waals surface area contributed by atoms with Crippen LogP contribution in [0.2, 0.25) is 0 Å². The topological polar surface area (TPSA) is 72.5 Å². The van der Waals surface area contributed by atoms with Crippen LogP contribution in [0.15, 0.2) is 66.9 Å². The van der Waals surface area contributed by atoms with Crippen LogP contribution >= 0.6 is 0 Å². The molecule has 0 unspecified atom stereocenters. The highest BCUT2D eigenvalue weighted by Gasteiger charge is 2.05. The highest BCUT2D eigenvalue weighted by molar-refractivity contribution is 5.91. The summed E-state index contributed by atoms with van der Waals surface area (Å²) in [6, 6.07) is 18.7. The zero-order valence-corrected chi connectivity index (χ0v) is 15.2. The van der Waals surface area contributed by atoms with E-state index in [2.05, 4.69) is 15.6 Å². The summed E-state index contributed by atoms with van der Waals surface area (Å²) in [6.07, 6.45) is 1.59. The summed E-state index contributed by atoms with van der Waals surface area (Å²) in [5.74, 6) is 1.88. The Bertz CT molecular complexity index is 876. The first-order valence-corrected chi connectivity index (χ1v) is 8.49. The second-order valence-corrected chi connectivity index (χ2v) is 5.94. The molecule has 1 heterocycles. The molecule has 6 heteroatoms. The molecule has 0 aliphatic rings. The lowest BCUT2D eigenvalue weighted by Crippen LogP contribution is -2.20. The molecule has 3 aromatic rings. The van der Waals surface area contributed by atoms with Crippen molar-refractivity contribution in [3.05, 3.63) is 72.4 Å². The van der Waals surface area contributed by atoms with E-state index >= 15 is 0 Å². The molecule has 27 heavy (non-hydrogen) atoms. The van der Waals surface area contributed by atoms with Crippen molar-refractivity contribution < 1.29 is 14.3 Å². The van der Waals surface area contributed by atoms with Crippen LogP contribution in [0, 0.1) is 6.92 Å². The van der Waals surface area contributed by atoms with Gasteiger partial charge in [0, 0.05) is 5.69 Å². The molecule has 1 amide bonds. The Morgan fingerprint density at radius 3 is 2.22 bits per heavy atom. The Morgan fingerprint density at radius 2 is 1.59 bits per heavy atom. The molecule has 0 aliphatic carbocycles. The molecule has 0 aliphatic heterocycles. The number of aryl methyl sites for hydroxylation is 1. The summed E-state index contributed by atoms with van der Waals surface area (Å²) in [5.41, 5.74) is 2.64. The van der Waals surface area contributed by atoms with Crippen LogP contribution in [0.3, 0.4) is 0 Å². The van der Waals surface area contributed by atoms with E-state index in [1.54, 1.807) is 25.4 Å². The van der Waals surface area contributed by atoms with Gasteiger partial charge in [-0.3, -0.25) is 4.79 Å². The number of hydrogen-bond acceptors (Lipinski definition) is 5. The maximum absolute atomic E-state index is 12.0. The van der Waals surface area contributed by atoms with Gasteiger partial charge in [-0.2, -0.15) is 0 Å². The highest BCUT2D eigenvalue weighted by atomic mass is 16.5. The van der Waals surface area contributed by atoms with Gasteiger partial charge in [0.2, 0.25) is 0 Å². The molecule has 0 atom stereocenters. The van der Waals surface area contributed by atoms with E-state index in [1.807, 2.05) is 55.5 Å². The number of rotatable bonds is 7. The third-order valence-electron chi connectivity index (χ3n) is 3.80. The van der Waals surface area contributed by atoms with Gasteiger partial charge in [0.25, 0.3) is 5.91 Å². The van der Waals surface area contributed by atoms with Crippen molar-refractivity contribution in [2.45, 2.75) is 6.92 Å². The monoisotopic (exact) mass is 363 g/mol. The molecule has 0 fully saturated rings. The van der Waals surface area contributed by atoms with Crippen molar-refractivity contribution in [3.8, 4) is 11.5 Å². The maximum atomic E-state index is 12.0. The second-order valence-electron chi connectivity index (χ2n) is 5.94. The molecule has 0 saturated heterocycles. The van der Waals surface area contributed by atoms with Gasteiger partial charge in [-0.1, -0.05) is 17.7 Å². The summed E-state index contributed by atoms with van der Waals surface area (Å²) in [4.78, 5) is 16.3. The number of ether oxygens (including phenoxy) is 2. The van der Waals surface area contributed by atoms with E-state index in [-0.39, 0.29) is 12.5 Å². The van der Waals surface area contributed by atoms with Crippen LogP contribution in [0.25, 0.3) is 0 Å². The van der Waals surface area contributed by atoms with Crippen LogP contribution < -0.4 is 20.1 Å².